The van der Waals surface area contributed by atoms with Crippen molar-refractivity contribution in [1.82, 2.24) is 0 Å². The second kappa shape index (κ2) is 9.72. The molecule has 6 nitrogen and oxygen atoms in total. The minimum atomic E-state index is -4.76. The van der Waals surface area contributed by atoms with Gasteiger partial charge >= 0.3 is 6.18 Å². The lowest BCUT2D eigenvalue weighted by Crippen LogP contribution is -2.16. The molecule has 0 aromatic heterocycles. The Balaban J connectivity index is 1.93. The first-order chi connectivity index (χ1) is 15.5. The molecule has 0 aliphatic carbocycles. The molecule has 174 valence electrons. The maximum atomic E-state index is 13.1. The molecular weight excluding hydrogens is 481 g/mol. The minimum absolute atomic E-state index is 0.0839. The number of ether oxygens (including phenoxy) is 1. The Morgan fingerprint density at radius 1 is 1.03 bits per heavy atom. The molecule has 0 aliphatic rings. The molecule has 0 saturated heterocycles. The van der Waals surface area contributed by atoms with Crippen LogP contribution in [0.15, 0.2) is 71.6 Å². The van der Waals surface area contributed by atoms with Crippen molar-refractivity contribution < 1.29 is 31.1 Å². The first kappa shape index (κ1) is 24.4. The second-order valence-electron chi connectivity index (χ2n) is 6.71. The maximum absolute atomic E-state index is 13.1. The van der Waals surface area contributed by atoms with Gasteiger partial charge in [-0.2, -0.15) is 13.2 Å². The van der Waals surface area contributed by atoms with Gasteiger partial charge in [0.15, 0.2) is 0 Å². The summed E-state index contributed by atoms with van der Waals surface area (Å²) in [4.78, 5) is 12.2. The number of amides is 1. The van der Waals surface area contributed by atoms with Gasteiger partial charge in [0.2, 0.25) is 0 Å². The van der Waals surface area contributed by atoms with Gasteiger partial charge in [-0.1, -0.05) is 29.8 Å². The van der Waals surface area contributed by atoms with Gasteiger partial charge in [0.05, 0.1) is 27.8 Å². The number of sulfonamides is 1. The molecule has 0 fully saturated rings. The van der Waals surface area contributed by atoms with E-state index in [1.165, 1.54) is 12.1 Å². The van der Waals surface area contributed by atoms with E-state index < -0.39 is 32.7 Å². The van der Waals surface area contributed by atoms with E-state index in [-0.39, 0.29) is 28.6 Å². The van der Waals surface area contributed by atoms with Crippen LogP contribution in [0.3, 0.4) is 0 Å². The molecule has 0 radical (unpaired) electrons. The quantitative estimate of drug-likeness (QED) is 0.430. The second-order valence-corrected chi connectivity index (χ2v) is 8.80. The molecule has 0 spiro atoms. The average Bonchev–Trinajstić information content (AvgIpc) is 2.76. The molecule has 1 amide bonds. The topological polar surface area (TPSA) is 84.5 Å². The van der Waals surface area contributed by atoms with Gasteiger partial charge in [-0.25, -0.2) is 8.42 Å². The van der Waals surface area contributed by atoms with E-state index in [4.69, 9.17) is 16.3 Å². The highest BCUT2D eigenvalue weighted by atomic mass is 35.5. The summed E-state index contributed by atoms with van der Waals surface area (Å²) >= 11 is 5.58. The molecule has 2 N–H and O–H groups in total. The van der Waals surface area contributed by atoms with E-state index in [0.29, 0.717) is 11.6 Å². The summed E-state index contributed by atoms with van der Waals surface area (Å²) in [7, 11) is -4.31. The third kappa shape index (κ3) is 5.96. The normalized spacial score (nSPS) is 11.7. The highest BCUT2D eigenvalue weighted by Gasteiger charge is 2.33. The van der Waals surface area contributed by atoms with E-state index in [1.807, 2.05) is 0 Å². The third-order valence-electron chi connectivity index (χ3n) is 4.37. The first-order valence-corrected chi connectivity index (χ1v) is 11.4. The summed E-state index contributed by atoms with van der Waals surface area (Å²) in [6.07, 6.45) is -4.76. The molecule has 0 aliphatic heterocycles. The maximum Gasteiger partial charge on any atom is 0.417 e. The Hall–Kier alpha value is -3.24. The molecule has 0 saturated carbocycles. The largest absolute Gasteiger partial charge is 0.492 e. The Labute approximate surface area is 193 Å². The van der Waals surface area contributed by atoms with Gasteiger partial charge < -0.3 is 10.1 Å². The zero-order chi connectivity index (χ0) is 24.2. The van der Waals surface area contributed by atoms with Crippen molar-refractivity contribution in [3.63, 3.8) is 0 Å². The van der Waals surface area contributed by atoms with Crippen molar-refractivity contribution in [1.29, 1.82) is 0 Å². The SMILES string of the molecule is CCOc1ccc(S(=O)(=O)Nc2ccc(Cl)c(C(F)(F)F)c2)cc1NC(=O)c1ccccc1. The molecule has 0 unspecified atom stereocenters. The first-order valence-electron chi connectivity index (χ1n) is 9.54. The van der Waals surface area contributed by atoms with Crippen LogP contribution >= 0.6 is 11.6 Å². The van der Waals surface area contributed by atoms with Crippen LogP contribution in [0.1, 0.15) is 22.8 Å². The molecule has 0 heterocycles. The molecule has 11 heteroatoms. The van der Waals surface area contributed by atoms with Gasteiger partial charge in [-0.05, 0) is 55.5 Å². The van der Waals surface area contributed by atoms with E-state index >= 15 is 0 Å². The highest BCUT2D eigenvalue weighted by Crippen LogP contribution is 2.37. The van der Waals surface area contributed by atoms with Crippen LogP contribution in [0.4, 0.5) is 24.5 Å². The van der Waals surface area contributed by atoms with Crippen LogP contribution < -0.4 is 14.8 Å². The number of hydrogen-bond acceptors (Lipinski definition) is 4. The number of hydrogen-bond donors (Lipinski definition) is 2. The summed E-state index contributed by atoms with van der Waals surface area (Å²) in [6.45, 7) is 1.97. The fourth-order valence-corrected chi connectivity index (χ4v) is 4.16. The van der Waals surface area contributed by atoms with E-state index in [1.54, 1.807) is 37.3 Å². The van der Waals surface area contributed by atoms with Gasteiger partial charge in [0.1, 0.15) is 5.75 Å². The van der Waals surface area contributed by atoms with Crippen LogP contribution in [0.25, 0.3) is 0 Å². The van der Waals surface area contributed by atoms with Gasteiger partial charge in [0.25, 0.3) is 15.9 Å². The molecule has 33 heavy (non-hydrogen) atoms. The summed E-state index contributed by atoms with van der Waals surface area (Å²) < 4.78 is 72.5. The fourth-order valence-electron chi connectivity index (χ4n) is 2.86. The summed E-state index contributed by atoms with van der Waals surface area (Å²) in [5, 5.41) is 2.04. The van der Waals surface area contributed by atoms with Crippen molar-refractivity contribution in [2.45, 2.75) is 18.0 Å². The van der Waals surface area contributed by atoms with Crippen molar-refractivity contribution >= 4 is 38.9 Å². The molecule has 3 aromatic carbocycles. The van der Waals surface area contributed by atoms with Crippen LogP contribution in [-0.2, 0) is 16.2 Å². The molecule has 0 bridgehead atoms. The number of halogens is 4. The zero-order valence-corrected chi connectivity index (χ0v) is 18.7. The van der Waals surface area contributed by atoms with Crippen LogP contribution in [0.5, 0.6) is 5.75 Å². The van der Waals surface area contributed by atoms with Crippen molar-refractivity contribution in [3.8, 4) is 5.75 Å². The van der Waals surface area contributed by atoms with E-state index in [9.17, 15) is 26.4 Å². The lowest BCUT2D eigenvalue weighted by atomic mass is 10.2. The molecule has 3 rings (SSSR count). The van der Waals surface area contributed by atoms with Gasteiger partial charge in [-0.15, -0.1) is 0 Å². The summed E-state index contributed by atoms with van der Waals surface area (Å²) in [5.41, 5.74) is -1.07. The Morgan fingerprint density at radius 2 is 1.73 bits per heavy atom. The number of rotatable bonds is 7. The van der Waals surface area contributed by atoms with Crippen molar-refractivity contribution in [2.24, 2.45) is 0 Å². The number of carbonyl (C=O) groups excluding carboxylic acids is 1. The number of anilines is 2. The Kier molecular flexibility index (Phi) is 7.19. The van der Waals surface area contributed by atoms with Crippen molar-refractivity contribution in [2.75, 3.05) is 16.6 Å². The number of nitrogens with one attached hydrogen (secondary N) is 2. The number of alkyl halides is 3. The van der Waals surface area contributed by atoms with E-state index in [0.717, 1.165) is 18.2 Å². The summed E-state index contributed by atoms with van der Waals surface area (Å²) in [5.74, 6) is -0.266. The monoisotopic (exact) mass is 498 g/mol. The molecular formula is C22H18ClF3N2O4S. The van der Waals surface area contributed by atoms with Crippen LogP contribution in [-0.4, -0.2) is 20.9 Å². The van der Waals surface area contributed by atoms with Gasteiger partial charge in [0, 0.05) is 11.3 Å². The average molecular weight is 499 g/mol. The number of benzene rings is 3. The van der Waals surface area contributed by atoms with Crippen LogP contribution in [0.2, 0.25) is 5.02 Å². The lowest BCUT2D eigenvalue weighted by molar-refractivity contribution is -0.137. The summed E-state index contributed by atoms with van der Waals surface area (Å²) in [6, 6.07) is 14.6. The van der Waals surface area contributed by atoms with Gasteiger partial charge in [-0.3, -0.25) is 9.52 Å². The van der Waals surface area contributed by atoms with Crippen molar-refractivity contribution in [3.05, 3.63) is 82.9 Å². The van der Waals surface area contributed by atoms with Crippen LogP contribution in [0, 0.1) is 0 Å². The standard InChI is InChI=1S/C22H18ClF3N2O4S/c1-2-32-20-11-9-16(13-19(20)27-21(29)14-6-4-3-5-7-14)33(30,31)28-15-8-10-18(23)17(12-15)22(24,25)26/h3-13,28H,2H2,1H3,(H,27,29). The minimum Gasteiger partial charge on any atom is -0.492 e. The molecule has 0 atom stereocenters. The Morgan fingerprint density at radius 3 is 2.36 bits per heavy atom. The fraction of sp³-hybridized carbons (Fsp3) is 0.136. The Bertz CT molecular complexity index is 1270. The smallest absolute Gasteiger partial charge is 0.417 e. The number of carbonyl (C=O) groups is 1. The predicted molar refractivity (Wildman–Crippen MR) is 119 cm³/mol. The highest BCUT2D eigenvalue weighted by molar-refractivity contribution is 7.92. The predicted octanol–water partition coefficient (Wildman–Crippen LogP) is 5.81. The molecule has 3 aromatic rings. The zero-order valence-electron chi connectivity index (χ0n) is 17.1. The van der Waals surface area contributed by atoms with E-state index in [2.05, 4.69) is 10.0 Å². The lowest BCUT2D eigenvalue weighted by Gasteiger charge is -2.15. The third-order valence-corrected chi connectivity index (χ3v) is 6.08.